The largest absolute Gasteiger partial charge is 0.452 e. The number of hydrogen-bond donors (Lipinski definition) is 1. The van der Waals surface area contributed by atoms with Gasteiger partial charge in [0.15, 0.2) is 6.61 Å². The second kappa shape index (κ2) is 7.17. The predicted molar refractivity (Wildman–Crippen MR) is 83.2 cm³/mol. The molecule has 0 aliphatic heterocycles. The first kappa shape index (κ1) is 16.2. The summed E-state index contributed by atoms with van der Waals surface area (Å²) in [5.41, 5.74) is 1.06. The van der Waals surface area contributed by atoms with Crippen LogP contribution in [0.1, 0.15) is 15.9 Å². The van der Waals surface area contributed by atoms with E-state index in [4.69, 9.17) is 4.74 Å². The average molecular weight is 314 g/mol. The third-order valence-corrected chi connectivity index (χ3v) is 2.99. The number of hydrogen-bond acceptors (Lipinski definition) is 5. The van der Waals surface area contributed by atoms with Gasteiger partial charge in [0, 0.05) is 11.8 Å². The molecule has 0 aromatic heterocycles. The molecule has 0 atom stereocenters. The minimum absolute atomic E-state index is 0.194. The Hall–Kier alpha value is -3.22. The van der Waals surface area contributed by atoms with Crippen LogP contribution in [0.4, 0.5) is 11.4 Å². The molecular formula is C16H14N2O5. The van der Waals surface area contributed by atoms with Crippen molar-refractivity contribution in [2.24, 2.45) is 0 Å². The first-order valence-electron chi connectivity index (χ1n) is 6.74. The number of nitrogens with one attached hydrogen (secondary N) is 1. The van der Waals surface area contributed by atoms with Crippen LogP contribution in [-0.2, 0) is 9.53 Å². The average Bonchev–Trinajstić information content (AvgIpc) is 2.54. The van der Waals surface area contributed by atoms with Crippen LogP contribution in [0.3, 0.4) is 0 Å². The van der Waals surface area contributed by atoms with Crippen LogP contribution < -0.4 is 5.32 Å². The zero-order chi connectivity index (χ0) is 16.8. The summed E-state index contributed by atoms with van der Waals surface area (Å²) >= 11 is 0. The fraction of sp³-hybridized carbons (Fsp3) is 0.125. The normalized spacial score (nSPS) is 9.96. The van der Waals surface area contributed by atoms with Gasteiger partial charge in [0.05, 0.1) is 4.92 Å². The molecule has 0 fully saturated rings. The summed E-state index contributed by atoms with van der Waals surface area (Å²) in [7, 11) is 0. The van der Waals surface area contributed by atoms with Gasteiger partial charge in [0.2, 0.25) is 0 Å². The summed E-state index contributed by atoms with van der Waals surface area (Å²) in [5, 5.41) is 13.4. The number of carbonyl (C=O) groups excluding carboxylic acids is 2. The van der Waals surface area contributed by atoms with E-state index in [9.17, 15) is 19.7 Å². The van der Waals surface area contributed by atoms with E-state index in [-0.39, 0.29) is 11.3 Å². The maximum Gasteiger partial charge on any atom is 0.345 e. The van der Waals surface area contributed by atoms with Crippen LogP contribution in [0.2, 0.25) is 0 Å². The van der Waals surface area contributed by atoms with Crippen LogP contribution in [0.15, 0.2) is 48.5 Å². The van der Waals surface area contributed by atoms with E-state index >= 15 is 0 Å². The highest BCUT2D eigenvalue weighted by Gasteiger charge is 2.21. The van der Waals surface area contributed by atoms with Crippen molar-refractivity contribution in [3.8, 4) is 0 Å². The minimum atomic E-state index is -0.920. The lowest BCUT2D eigenvalue weighted by Gasteiger charge is -2.07. The quantitative estimate of drug-likeness (QED) is 0.519. The van der Waals surface area contributed by atoms with E-state index in [1.165, 1.54) is 24.3 Å². The molecule has 1 amide bonds. The Morgan fingerprint density at radius 1 is 1.13 bits per heavy atom. The van der Waals surface area contributed by atoms with Crippen molar-refractivity contribution in [2.45, 2.75) is 6.92 Å². The summed E-state index contributed by atoms with van der Waals surface area (Å²) in [4.78, 5) is 33.8. The molecule has 0 aliphatic rings. The Morgan fingerprint density at radius 2 is 1.78 bits per heavy atom. The van der Waals surface area contributed by atoms with Gasteiger partial charge >= 0.3 is 5.97 Å². The molecule has 0 bridgehead atoms. The predicted octanol–water partition coefficient (Wildman–Crippen LogP) is 2.70. The number of benzene rings is 2. The zero-order valence-electron chi connectivity index (χ0n) is 12.3. The zero-order valence-corrected chi connectivity index (χ0v) is 12.3. The maximum absolute atomic E-state index is 11.9. The fourth-order valence-corrected chi connectivity index (χ4v) is 1.85. The molecule has 7 heteroatoms. The van der Waals surface area contributed by atoms with Gasteiger partial charge in [-0.3, -0.25) is 14.9 Å². The highest BCUT2D eigenvalue weighted by Crippen LogP contribution is 2.18. The number of rotatable bonds is 5. The summed E-state index contributed by atoms with van der Waals surface area (Å²) in [6.45, 7) is 1.39. The highest BCUT2D eigenvalue weighted by molar-refractivity contribution is 5.97. The summed E-state index contributed by atoms with van der Waals surface area (Å²) in [5.74, 6) is -1.45. The van der Waals surface area contributed by atoms with Crippen molar-refractivity contribution >= 4 is 23.3 Å². The van der Waals surface area contributed by atoms with Crippen LogP contribution in [0, 0.1) is 17.0 Å². The minimum Gasteiger partial charge on any atom is -0.452 e. The second-order valence-corrected chi connectivity index (χ2v) is 4.76. The van der Waals surface area contributed by atoms with Crippen LogP contribution >= 0.6 is 0 Å². The highest BCUT2D eigenvalue weighted by atomic mass is 16.6. The van der Waals surface area contributed by atoms with Gasteiger partial charge in [-0.1, -0.05) is 29.8 Å². The molecule has 7 nitrogen and oxygen atoms in total. The fourth-order valence-electron chi connectivity index (χ4n) is 1.85. The van der Waals surface area contributed by atoms with Crippen molar-refractivity contribution in [3.05, 3.63) is 69.8 Å². The van der Waals surface area contributed by atoms with E-state index in [0.29, 0.717) is 5.69 Å². The summed E-state index contributed by atoms with van der Waals surface area (Å²) < 4.78 is 4.82. The van der Waals surface area contributed by atoms with E-state index < -0.39 is 23.4 Å². The van der Waals surface area contributed by atoms with Crippen molar-refractivity contribution in [3.63, 3.8) is 0 Å². The Morgan fingerprint density at radius 3 is 2.43 bits per heavy atom. The van der Waals surface area contributed by atoms with Gasteiger partial charge in [-0.15, -0.1) is 0 Å². The first-order chi connectivity index (χ1) is 11.0. The third kappa shape index (κ3) is 4.37. The molecule has 0 unspecified atom stereocenters. The second-order valence-electron chi connectivity index (χ2n) is 4.76. The smallest absolute Gasteiger partial charge is 0.345 e. The molecule has 2 rings (SSSR count). The van der Waals surface area contributed by atoms with E-state index in [1.807, 2.05) is 19.1 Å². The lowest BCUT2D eigenvalue weighted by molar-refractivity contribution is -0.385. The Labute approximate surface area is 132 Å². The number of aryl methyl sites for hydroxylation is 1. The molecule has 118 valence electrons. The SMILES string of the molecule is Cc1ccc(NC(=O)COC(=O)c2ccccc2[N+](=O)[O-])cc1. The summed E-state index contributed by atoms with van der Waals surface area (Å²) in [6.07, 6.45) is 0. The van der Waals surface area contributed by atoms with Gasteiger partial charge in [0.25, 0.3) is 11.6 Å². The summed E-state index contributed by atoms with van der Waals surface area (Å²) in [6, 6.07) is 12.5. The Balaban J connectivity index is 1.95. The van der Waals surface area contributed by atoms with Crippen molar-refractivity contribution in [1.82, 2.24) is 0 Å². The maximum atomic E-state index is 11.9. The van der Waals surface area contributed by atoms with Gasteiger partial charge in [-0.25, -0.2) is 4.79 Å². The van der Waals surface area contributed by atoms with Gasteiger partial charge in [-0.2, -0.15) is 0 Å². The molecule has 0 heterocycles. The number of nitro groups is 1. The molecule has 23 heavy (non-hydrogen) atoms. The molecule has 2 aromatic carbocycles. The molecule has 0 spiro atoms. The van der Waals surface area contributed by atoms with Crippen LogP contribution in [0.5, 0.6) is 0 Å². The lowest BCUT2D eigenvalue weighted by Crippen LogP contribution is -2.21. The number of nitro benzene ring substituents is 1. The molecular weight excluding hydrogens is 300 g/mol. The number of carbonyl (C=O) groups is 2. The Bertz CT molecular complexity index is 740. The van der Waals surface area contributed by atoms with E-state index in [2.05, 4.69) is 5.32 Å². The molecule has 0 aliphatic carbocycles. The van der Waals surface area contributed by atoms with Crippen LogP contribution in [0.25, 0.3) is 0 Å². The topological polar surface area (TPSA) is 98.5 Å². The first-order valence-corrected chi connectivity index (χ1v) is 6.74. The monoisotopic (exact) mass is 314 g/mol. The number of para-hydroxylation sites is 1. The Kier molecular flexibility index (Phi) is 5.03. The van der Waals surface area contributed by atoms with Crippen molar-refractivity contribution in [1.29, 1.82) is 0 Å². The third-order valence-electron chi connectivity index (χ3n) is 2.99. The van der Waals surface area contributed by atoms with Crippen LogP contribution in [-0.4, -0.2) is 23.4 Å². The number of anilines is 1. The number of nitrogens with zero attached hydrogens (tertiary/aromatic N) is 1. The molecule has 0 radical (unpaired) electrons. The molecule has 1 N–H and O–H groups in total. The lowest BCUT2D eigenvalue weighted by atomic mass is 10.2. The van der Waals surface area contributed by atoms with Crippen molar-refractivity contribution in [2.75, 3.05) is 11.9 Å². The number of ether oxygens (including phenoxy) is 1. The standard InChI is InChI=1S/C16H14N2O5/c1-11-6-8-12(9-7-11)17-15(19)10-23-16(20)13-4-2-3-5-14(13)18(21)22/h2-9H,10H2,1H3,(H,17,19). The molecule has 0 saturated heterocycles. The van der Waals surface area contributed by atoms with Gasteiger partial charge in [-0.05, 0) is 25.1 Å². The number of amides is 1. The van der Waals surface area contributed by atoms with E-state index in [0.717, 1.165) is 5.56 Å². The van der Waals surface area contributed by atoms with Gasteiger partial charge < -0.3 is 10.1 Å². The number of esters is 1. The van der Waals surface area contributed by atoms with E-state index in [1.54, 1.807) is 12.1 Å². The van der Waals surface area contributed by atoms with Gasteiger partial charge in [0.1, 0.15) is 5.56 Å². The molecule has 2 aromatic rings. The molecule has 0 saturated carbocycles. The van der Waals surface area contributed by atoms with Crippen molar-refractivity contribution < 1.29 is 19.2 Å².